The minimum Gasteiger partial charge on any atom is -0.497 e. The van der Waals surface area contributed by atoms with Crippen LogP contribution < -0.4 is 14.5 Å². The highest BCUT2D eigenvalue weighted by Gasteiger charge is 2.40. The standard InChI is InChI=1S/C16H13N3O2S/c1-21-13-9-7-12(8-10-13)18-14(17)15(22)19(16(18)20)11-5-3-2-4-6-11/h2-10,17H,1H3. The van der Waals surface area contributed by atoms with E-state index in [1.807, 2.05) is 18.2 Å². The van der Waals surface area contributed by atoms with E-state index in [2.05, 4.69) is 0 Å². The van der Waals surface area contributed by atoms with Crippen LogP contribution in [0, 0.1) is 5.41 Å². The van der Waals surface area contributed by atoms with Crippen molar-refractivity contribution < 1.29 is 9.53 Å². The number of thiocarbonyl (C=S) groups is 1. The smallest absolute Gasteiger partial charge is 0.340 e. The van der Waals surface area contributed by atoms with Crippen molar-refractivity contribution in [3.8, 4) is 5.75 Å². The van der Waals surface area contributed by atoms with Crippen LogP contribution in [0.15, 0.2) is 54.6 Å². The molecule has 1 heterocycles. The topological polar surface area (TPSA) is 56.6 Å². The second-order valence-corrected chi connectivity index (χ2v) is 5.03. The molecule has 22 heavy (non-hydrogen) atoms. The van der Waals surface area contributed by atoms with E-state index >= 15 is 0 Å². The molecule has 0 aromatic heterocycles. The van der Waals surface area contributed by atoms with Gasteiger partial charge in [-0.15, -0.1) is 0 Å². The Morgan fingerprint density at radius 3 is 2.14 bits per heavy atom. The van der Waals surface area contributed by atoms with Crippen LogP contribution in [0.2, 0.25) is 0 Å². The number of amides is 2. The SMILES string of the molecule is COc1ccc(N2C(=N)C(=S)N(c3ccccc3)C2=O)cc1. The van der Waals surface area contributed by atoms with Gasteiger partial charge in [0, 0.05) is 0 Å². The highest BCUT2D eigenvalue weighted by atomic mass is 32.1. The lowest BCUT2D eigenvalue weighted by molar-refractivity contribution is 0.257. The first-order valence-electron chi connectivity index (χ1n) is 6.59. The van der Waals surface area contributed by atoms with Crippen molar-refractivity contribution in [1.82, 2.24) is 0 Å². The fraction of sp³-hybridized carbons (Fsp3) is 0.0625. The van der Waals surface area contributed by atoms with Crippen LogP contribution in [-0.4, -0.2) is 24.0 Å². The number of para-hydroxylation sites is 1. The van der Waals surface area contributed by atoms with Gasteiger partial charge >= 0.3 is 6.03 Å². The van der Waals surface area contributed by atoms with Gasteiger partial charge in [-0.2, -0.15) is 0 Å². The Hall–Kier alpha value is -2.73. The summed E-state index contributed by atoms with van der Waals surface area (Å²) in [5, 5.41) is 8.15. The summed E-state index contributed by atoms with van der Waals surface area (Å²) in [4.78, 5) is 15.5. The van der Waals surface area contributed by atoms with Gasteiger partial charge in [0.05, 0.1) is 18.5 Å². The van der Waals surface area contributed by atoms with Gasteiger partial charge in [-0.25, -0.2) is 14.6 Å². The Morgan fingerprint density at radius 2 is 1.55 bits per heavy atom. The van der Waals surface area contributed by atoms with Gasteiger partial charge in [0.15, 0.2) is 10.8 Å². The van der Waals surface area contributed by atoms with Crippen molar-refractivity contribution >= 4 is 40.4 Å². The van der Waals surface area contributed by atoms with Gasteiger partial charge in [0.25, 0.3) is 0 Å². The molecule has 0 unspecified atom stereocenters. The highest BCUT2D eigenvalue weighted by Crippen LogP contribution is 2.28. The van der Waals surface area contributed by atoms with Crippen LogP contribution in [0.3, 0.4) is 0 Å². The van der Waals surface area contributed by atoms with E-state index in [0.29, 0.717) is 17.1 Å². The Bertz CT molecular complexity index is 744. The maximum absolute atomic E-state index is 12.7. The summed E-state index contributed by atoms with van der Waals surface area (Å²) >= 11 is 5.26. The number of ether oxygens (including phenoxy) is 1. The first kappa shape index (κ1) is 14.2. The summed E-state index contributed by atoms with van der Waals surface area (Å²) in [7, 11) is 1.57. The van der Waals surface area contributed by atoms with Gasteiger partial charge < -0.3 is 4.74 Å². The van der Waals surface area contributed by atoms with Gasteiger partial charge in [-0.1, -0.05) is 30.4 Å². The molecular formula is C16H13N3O2S. The molecule has 1 aliphatic heterocycles. The number of benzene rings is 2. The molecule has 5 nitrogen and oxygen atoms in total. The summed E-state index contributed by atoms with van der Waals surface area (Å²) in [6.45, 7) is 0. The van der Waals surface area contributed by atoms with E-state index in [1.54, 1.807) is 43.5 Å². The molecule has 0 bridgehead atoms. The molecule has 1 fully saturated rings. The second-order valence-electron chi connectivity index (χ2n) is 4.64. The Morgan fingerprint density at radius 1 is 0.955 bits per heavy atom. The molecule has 3 rings (SSSR count). The number of rotatable bonds is 3. The number of nitrogens with one attached hydrogen (secondary N) is 1. The quantitative estimate of drug-likeness (QED) is 0.883. The minimum absolute atomic E-state index is 0.00554. The normalized spacial score (nSPS) is 14.7. The number of nitrogens with zero attached hydrogens (tertiary/aromatic N) is 2. The molecule has 2 aromatic carbocycles. The highest BCUT2D eigenvalue weighted by molar-refractivity contribution is 7.82. The molecule has 2 aromatic rings. The summed E-state index contributed by atoms with van der Waals surface area (Å²) in [5.41, 5.74) is 1.23. The van der Waals surface area contributed by atoms with Crippen LogP contribution in [-0.2, 0) is 0 Å². The number of carbonyl (C=O) groups is 1. The lowest BCUT2D eigenvalue weighted by Gasteiger charge is -2.17. The Kier molecular flexibility index (Phi) is 3.60. The molecule has 110 valence electrons. The largest absolute Gasteiger partial charge is 0.497 e. The molecule has 0 spiro atoms. The van der Waals surface area contributed by atoms with Crippen molar-refractivity contribution in [2.24, 2.45) is 0 Å². The van der Waals surface area contributed by atoms with Crippen LogP contribution in [0.5, 0.6) is 5.75 Å². The third kappa shape index (κ3) is 2.23. The number of hydrogen-bond acceptors (Lipinski definition) is 4. The monoisotopic (exact) mass is 311 g/mol. The van der Waals surface area contributed by atoms with Gasteiger partial charge in [0.2, 0.25) is 0 Å². The summed E-state index contributed by atoms with van der Waals surface area (Å²) in [6, 6.07) is 15.7. The predicted octanol–water partition coefficient (Wildman–Crippen LogP) is 3.45. The predicted molar refractivity (Wildman–Crippen MR) is 90.1 cm³/mol. The molecule has 2 amide bonds. The lowest BCUT2D eigenvalue weighted by atomic mass is 10.3. The Balaban J connectivity index is 1.98. The van der Waals surface area contributed by atoms with Crippen LogP contribution in [0.25, 0.3) is 0 Å². The summed E-state index contributed by atoms with van der Waals surface area (Å²) < 4.78 is 5.10. The molecule has 1 saturated heterocycles. The van der Waals surface area contributed by atoms with E-state index < -0.39 is 0 Å². The molecule has 6 heteroatoms. The second kappa shape index (κ2) is 5.57. The summed E-state index contributed by atoms with van der Waals surface area (Å²) in [5.74, 6) is 0.679. The van der Waals surface area contributed by atoms with Crippen LogP contribution >= 0.6 is 12.2 Å². The Labute approximate surface area is 133 Å². The first-order valence-corrected chi connectivity index (χ1v) is 7.00. The van der Waals surface area contributed by atoms with E-state index in [1.165, 1.54) is 9.80 Å². The summed E-state index contributed by atoms with van der Waals surface area (Å²) in [6.07, 6.45) is 0. The maximum atomic E-state index is 12.7. The third-order valence-electron chi connectivity index (χ3n) is 3.36. The van der Waals surface area contributed by atoms with E-state index in [0.717, 1.165) is 0 Å². The zero-order valence-corrected chi connectivity index (χ0v) is 12.6. The van der Waals surface area contributed by atoms with E-state index in [9.17, 15) is 4.79 Å². The molecule has 0 aliphatic carbocycles. The van der Waals surface area contributed by atoms with Crippen molar-refractivity contribution in [3.63, 3.8) is 0 Å². The number of methoxy groups -OCH3 is 1. The van der Waals surface area contributed by atoms with Crippen molar-refractivity contribution in [2.45, 2.75) is 0 Å². The molecule has 1 aliphatic rings. The molecular weight excluding hydrogens is 298 g/mol. The molecule has 0 radical (unpaired) electrons. The van der Waals surface area contributed by atoms with Crippen LogP contribution in [0.4, 0.5) is 16.2 Å². The number of anilines is 2. The lowest BCUT2D eigenvalue weighted by Crippen LogP contribution is -2.33. The van der Waals surface area contributed by atoms with E-state index in [-0.39, 0.29) is 16.9 Å². The molecule has 0 saturated carbocycles. The minimum atomic E-state index is -0.355. The van der Waals surface area contributed by atoms with E-state index in [4.69, 9.17) is 22.4 Å². The number of carbonyl (C=O) groups excluding carboxylic acids is 1. The van der Waals surface area contributed by atoms with Crippen LogP contribution in [0.1, 0.15) is 0 Å². The van der Waals surface area contributed by atoms with Crippen molar-refractivity contribution in [2.75, 3.05) is 16.9 Å². The molecule has 0 atom stereocenters. The zero-order chi connectivity index (χ0) is 15.7. The number of hydrogen-bond donors (Lipinski definition) is 1. The first-order chi connectivity index (χ1) is 10.6. The maximum Gasteiger partial charge on any atom is 0.340 e. The third-order valence-corrected chi connectivity index (χ3v) is 3.73. The number of urea groups is 1. The van der Waals surface area contributed by atoms with Crippen molar-refractivity contribution in [3.05, 3.63) is 54.6 Å². The fourth-order valence-electron chi connectivity index (χ4n) is 2.26. The van der Waals surface area contributed by atoms with Crippen molar-refractivity contribution in [1.29, 1.82) is 5.41 Å². The average Bonchev–Trinajstić information content (AvgIpc) is 2.78. The zero-order valence-electron chi connectivity index (χ0n) is 11.8. The fourth-order valence-corrected chi connectivity index (χ4v) is 2.53. The number of amidine groups is 1. The van der Waals surface area contributed by atoms with Gasteiger partial charge in [-0.05, 0) is 36.4 Å². The van der Waals surface area contributed by atoms with Gasteiger partial charge in [0.1, 0.15) is 5.75 Å². The average molecular weight is 311 g/mol. The molecule has 1 N–H and O–H groups in total. The van der Waals surface area contributed by atoms with Gasteiger partial charge in [-0.3, -0.25) is 5.41 Å².